The van der Waals surface area contributed by atoms with Crippen molar-refractivity contribution in [2.75, 3.05) is 12.3 Å². The quantitative estimate of drug-likeness (QED) is 0.261. The van der Waals surface area contributed by atoms with Crippen molar-refractivity contribution < 1.29 is 14.3 Å². The van der Waals surface area contributed by atoms with Crippen molar-refractivity contribution in [1.82, 2.24) is 5.32 Å². The van der Waals surface area contributed by atoms with E-state index < -0.39 is 0 Å². The molecule has 0 bridgehead atoms. The lowest BCUT2D eigenvalue weighted by molar-refractivity contribution is -0.139. The van der Waals surface area contributed by atoms with Crippen LogP contribution < -0.4 is 11.1 Å². The van der Waals surface area contributed by atoms with Crippen LogP contribution in [-0.2, 0) is 20.9 Å². The maximum atomic E-state index is 11.8. The normalized spacial score (nSPS) is 10.3. The summed E-state index contributed by atoms with van der Waals surface area (Å²) in [6.07, 6.45) is 6.58. The maximum Gasteiger partial charge on any atom is 0.333 e. The molecule has 0 atom stereocenters. The van der Waals surface area contributed by atoms with Crippen LogP contribution in [0.15, 0.2) is 36.4 Å². The fourth-order valence-corrected chi connectivity index (χ4v) is 2.37. The summed E-state index contributed by atoms with van der Waals surface area (Å²) in [5.74, 6) is -0.238. The molecule has 5 nitrogen and oxygen atoms in total. The van der Waals surface area contributed by atoms with Gasteiger partial charge in [-0.15, -0.1) is 0 Å². The Morgan fingerprint density at radius 3 is 2.48 bits per heavy atom. The summed E-state index contributed by atoms with van der Waals surface area (Å²) in [6.45, 7) is 6.16. The van der Waals surface area contributed by atoms with Crippen LogP contribution >= 0.6 is 0 Å². The lowest BCUT2D eigenvalue weighted by Gasteiger charge is -2.06. The van der Waals surface area contributed by atoms with Gasteiger partial charge in [-0.1, -0.05) is 44.4 Å². The van der Waals surface area contributed by atoms with Gasteiger partial charge in [0.15, 0.2) is 0 Å². The van der Waals surface area contributed by atoms with Crippen molar-refractivity contribution in [3.63, 3.8) is 0 Å². The first-order chi connectivity index (χ1) is 12.0. The Bertz CT molecular complexity index is 570. The number of hydrogen-bond acceptors (Lipinski definition) is 4. The second-order valence-electron chi connectivity index (χ2n) is 6.31. The molecule has 0 heterocycles. The minimum atomic E-state index is -0.316. The average Bonchev–Trinajstić information content (AvgIpc) is 2.58. The Morgan fingerprint density at radius 2 is 1.80 bits per heavy atom. The van der Waals surface area contributed by atoms with Crippen molar-refractivity contribution in [3.05, 3.63) is 42.0 Å². The zero-order valence-electron chi connectivity index (χ0n) is 15.2. The Kier molecular flexibility index (Phi) is 10.1. The molecule has 1 amide bonds. The van der Waals surface area contributed by atoms with Gasteiger partial charge in [-0.3, -0.25) is 4.79 Å². The van der Waals surface area contributed by atoms with E-state index in [1.54, 1.807) is 6.92 Å². The predicted octanol–water partition coefficient (Wildman–Crippen LogP) is 3.74. The summed E-state index contributed by atoms with van der Waals surface area (Å²) in [7, 11) is 0. The minimum Gasteiger partial charge on any atom is -0.462 e. The molecular weight excluding hydrogens is 316 g/mol. The third-order valence-electron chi connectivity index (χ3n) is 3.82. The van der Waals surface area contributed by atoms with Crippen LogP contribution in [-0.4, -0.2) is 18.5 Å². The van der Waals surface area contributed by atoms with Gasteiger partial charge in [0.1, 0.15) is 0 Å². The van der Waals surface area contributed by atoms with Gasteiger partial charge >= 0.3 is 5.97 Å². The molecule has 0 radical (unpaired) electrons. The molecule has 3 N–H and O–H groups in total. The van der Waals surface area contributed by atoms with E-state index in [-0.39, 0.29) is 11.9 Å². The van der Waals surface area contributed by atoms with Crippen molar-refractivity contribution in [2.24, 2.45) is 0 Å². The van der Waals surface area contributed by atoms with Gasteiger partial charge in [0.25, 0.3) is 0 Å². The molecule has 5 heteroatoms. The lowest BCUT2D eigenvalue weighted by Crippen LogP contribution is -2.22. The number of esters is 1. The predicted molar refractivity (Wildman–Crippen MR) is 101 cm³/mol. The van der Waals surface area contributed by atoms with Crippen LogP contribution in [0.25, 0.3) is 0 Å². The molecule has 0 saturated carbocycles. The van der Waals surface area contributed by atoms with Crippen LogP contribution in [0.4, 0.5) is 5.69 Å². The molecule has 0 unspecified atom stereocenters. The number of anilines is 1. The van der Waals surface area contributed by atoms with E-state index in [0.717, 1.165) is 44.1 Å². The number of nitrogens with one attached hydrogen (secondary N) is 1. The fraction of sp³-hybridized carbons (Fsp3) is 0.500. The molecule has 1 aromatic rings. The molecule has 0 aliphatic rings. The number of carbonyl (C=O) groups excluding carboxylic acids is 2. The van der Waals surface area contributed by atoms with Crippen molar-refractivity contribution >= 4 is 17.6 Å². The zero-order valence-corrected chi connectivity index (χ0v) is 15.2. The first kappa shape index (κ1) is 20.7. The summed E-state index contributed by atoms with van der Waals surface area (Å²) in [4.78, 5) is 23.0. The third kappa shape index (κ3) is 10.2. The largest absolute Gasteiger partial charge is 0.462 e. The first-order valence-corrected chi connectivity index (χ1v) is 8.93. The van der Waals surface area contributed by atoms with Gasteiger partial charge in [0, 0.05) is 24.2 Å². The molecule has 0 aromatic heterocycles. The number of hydrogen-bond donors (Lipinski definition) is 2. The van der Waals surface area contributed by atoms with Crippen molar-refractivity contribution in [2.45, 2.75) is 58.4 Å². The number of ether oxygens (including phenoxy) is 1. The third-order valence-corrected chi connectivity index (χ3v) is 3.82. The van der Waals surface area contributed by atoms with Gasteiger partial charge in [-0.05, 0) is 37.5 Å². The van der Waals surface area contributed by atoms with E-state index in [2.05, 4.69) is 11.9 Å². The van der Waals surface area contributed by atoms with Gasteiger partial charge in [0.05, 0.1) is 6.61 Å². The molecule has 1 aromatic carbocycles. The number of amides is 1. The molecule has 0 aliphatic heterocycles. The van der Waals surface area contributed by atoms with E-state index in [1.807, 2.05) is 24.3 Å². The molecular formula is C20H30N2O3. The van der Waals surface area contributed by atoms with Gasteiger partial charge in [0.2, 0.25) is 5.91 Å². The smallest absolute Gasteiger partial charge is 0.333 e. The number of unbranched alkanes of at least 4 members (excludes halogenated alkanes) is 5. The van der Waals surface area contributed by atoms with E-state index in [4.69, 9.17) is 10.5 Å². The van der Waals surface area contributed by atoms with Crippen molar-refractivity contribution in [1.29, 1.82) is 0 Å². The highest BCUT2D eigenvalue weighted by molar-refractivity contribution is 5.86. The monoisotopic (exact) mass is 346 g/mol. The van der Waals surface area contributed by atoms with Crippen LogP contribution in [0.5, 0.6) is 0 Å². The van der Waals surface area contributed by atoms with Crippen LogP contribution in [0.2, 0.25) is 0 Å². The summed E-state index contributed by atoms with van der Waals surface area (Å²) in [5.41, 5.74) is 7.87. The summed E-state index contributed by atoms with van der Waals surface area (Å²) in [5, 5.41) is 2.91. The highest BCUT2D eigenvalue weighted by atomic mass is 16.5. The van der Waals surface area contributed by atoms with E-state index in [1.165, 1.54) is 0 Å². The highest BCUT2D eigenvalue weighted by Crippen LogP contribution is 2.09. The summed E-state index contributed by atoms with van der Waals surface area (Å²) in [6, 6.07) is 7.53. The summed E-state index contributed by atoms with van der Waals surface area (Å²) >= 11 is 0. The maximum absolute atomic E-state index is 11.8. The van der Waals surface area contributed by atoms with E-state index in [0.29, 0.717) is 30.8 Å². The van der Waals surface area contributed by atoms with Gasteiger partial charge in [-0.25, -0.2) is 4.79 Å². The van der Waals surface area contributed by atoms with Crippen LogP contribution in [0.1, 0.15) is 57.4 Å². The topological polar surface area (TPSA) is 81.4 Å². The Balaban J connectivity index is 1.94. The summed E-state index contributed by atoms with van der Waals surface area (Å²) < 4.78 is 5.03. The molecule has 25 heavy (non-hydrogen) atoms. The second kappa shape index (κ2) is 12.1. The molecule has 0 spiro atoms. The SMILES string of the molecule is C=C(C)C(=O)OCCCCCCCCC(=O)NCc1cccc(N)c1. The zero-order chi connectivity index (χ0) is 18.5. The minimum absolute atomic E-state index is 0.0779. The molecule has 1 rings (SSSR count). The number of nitrogens with two attached hydrogens (primary N) is 1. The Labute approximate surface area is 150 Å². The van der Waals surface area contributed by atoms with Gasteiger partial charge in [-0.2, -0.15) is 0 Å². The van der Waals surface area contributed by atoms with E-state index in [9.17, 15) is 9.59 Å². The Morgan fingerprint density at radius 1 is 1.12 bits per heavy atom. The number of carbonyl (C=O) groups is 2. The van der Waals surface area contributed by atoms with Gasteiger partial charge < -0.3 is 15.8 Å². The van der Waals surface area contributed by atoms with Crippen molar-refractivity contribution in [3.8, 4) is 0 Å². The van der Waals surface area contributed by atoms with E-state index >= 15 is 0 Å². The Hall–Kier alpha value is -2.30. The first-order valence-electron chi connectivity index (χ1n) is 8.93. The number of nitrogen functional groups attached to an aromatic ring is 1. The molecule has 138 valence electrons. The van der Waals surface area contributed by atoms with Crippen LogP contribution in [0, 0.1) is 0 Å². The molecule has 0 aliphatic carbocycles. The van der Waals surface area contributed by atoms with Crippen LogP contribution in [0.3, 0.4) is 0 Å². The molecule has 0 fully saturated rings. The number of benzene rings is 1. The highest BCUT2D eigenvalue weighted by Gasteiger charge is 2.03. The lowest BCUT2D eigenvalue weighted by atomic mass is 10.1. The molecule has 0 saturated heterocycles. The average molecular weight is 346 g/mol. The standard InChI is InChI=1S/C20H30N2O3/c1-16(2)20(24)25-13-8-6-4-3-5-7-12-19(23)22-15-17-10-9-11-18(21)14-17/h9-11,14H,1,3-8,12-13,15,21H2,2H3,(H,22,23). The fourth-order valence-electron chi connectivity index (χ4n) is 2.37. The number of rotatable bonds is 12. The second-order valence-corrected chi connectivity index (χ2v) is 6.31.